The molecule has 1 aromatic heterocycles. The molecule has 1 spiro atoms. The first-order chi connectivity index (χ1) is 14.5. The van der Waals surface area contributed by atoms with Crippen molar-refractivity contribution < 1.29 is 23.2 Å². The molecule has 0 bridgehead atoms. The monoisotopic (exact) mass is 430 g/mol. The van der Waals surface area contributed by atoms with Gasteiger partial charge in [0.05, 0.1) is 12.2 Å². The summed E-state index contributed by atoms with van der Waals surface area (Å²) in [6.07, 6.45) is -1.23. The molecule has 0 unspecified atom stereocenters. The first kappa shape index (κ1) is 21.1. The van der Waals surface area contributed by atoms with Crippen LogP contribution < -0.4 is 5.32 Å². The highest BCUT2D eigenvalue weighted by atomic mass is 19.3. The number of aryl methyl sites for hydroxylation is 2. The van der Waals surface area contributed by atoms with Crippen molar-refractivity contribution in [2.75, 3.05) is 6.54 Å². The van der Waals surface area contributed by atoms with E-state index < -0.39 is 48.6 Å². The van der Waals surface area contributed by atoms with Crippen molar-refractivity contribution >= 4 is 17.7 Å². The van der Waals surface area contributed by atoms with E-state index in [-0.39, 0.29) is 18.5 Å². The summed E-state index contributed by atoms with van der Waals surface area (Å²) in [5.74, 6) is -3.33. The second-order valence-corrected chi connectivity index (χ2v) is 8.45. The molecule has 1 saturated heterocycles. The zero-order chi connectivity index (χ0) is 22.6. The molecule has 7 nitrogen and oxygen atoms in total. The SMILES string of the molecule is Cc1cccc(-n2c(C)nc(C(=O)CN3C(=O)NC4(CCC(F)(F)CC4)C3=O)c2C)c1. The molecule has 164 valence electrons. The summed E-state index contributed by atoms with van der Waals surface area (Å²) < 4.78 is 28.9. The Labute approximate surface area is 178 Å². The lowest BCUT2D eigenvalue weighted by Gasteiger charge is -2.34. The van der Waals surface area contributed by atoms with Crippen LogP contribution in [0.1, 0.15) is 53.3 Å². The molecule has 2 fully saturated rings. The number of nitrogens with one attached hydrogen (secondary N) is 1. The average Bonchev–Trinajstić information content (AvgIpc) is 3.12. The van der Waals surface area contributed by atoms with Crippen molar-refractivity contribution in [2.24, 2.45) is 0 Å². The Morgan fingerprint density at radius 2 is 1.81 bits per heavy atom. The molecule has 31 heavy (non-hydrogen) atoms. The van der Waals surface area contributed by atoms with Crippen LogP contribution in [0.4, 0.5) is 13.6 Å². The molecule has 2 aliphatic rings. The highest BCUT2D eigenvalue weighted by Gasteiger charge is 2.55. The number of hydrogen-bond acceptors (Lipinski definition) is 4. The van der Waals surface area contributed by atoms with Crippen LogP contribution in [0.25, 0.3) is 5.69 Å². The van der Waals surface area contributed by atoms with Crippen LogP contribution in [-0.4, -0.2) is 50.2 Å². The number of aromatic nitrogens is 2. The van der Waals surface area contributed by atoms with Crippen molar-refractivity contribution in [3.05, 3.63) is 47.0 Å². The van der Waals surface area contributed by atoms with E-state index in [1.54, 1.807) is 13.8 Å². The number of imidazole rings is 1. The number of Topliss-reactive ketones (excluding diaryl/α,β-unsaturated/α-hetero) is 1. The highest BCUT2D eigenvalue weighted by molar-refractivity contribution is 6.11. The topological polar surface area (TPSA) is 84.3 Å². The third kappa shape index (κ3) is 3.62. The molecule has 1 aliphatic heterocycles. The van der Waals surface area contributed by atoms with Gasteiger partial charge in [0.15, 0.2) is 0 Å². The van der Waals surface area contributed by atoms with Crippen molar-refractivity contribution in [1.82, 2.24) is 19.8 Å². The fourth-order valence-corrected chi connectivity index (χ4v) is 4.47. The molecule has 1 aliphatic carbocycles. The van der Waals surface area contributed by atoms with Gasteiger partial charge in [0, 0.05) is 18.5 Å². The predicted octanol–water partition coefficient (Wildman–Crippen LogP) is 3.48. The number of amides is 3. The van der Waals surface area contributed by atoms with Gasteiger partial charge in [-0.1, -0.05) is 12.1 Å². The Hall–Kier alpha value is -3.10. The van der Waals surface area contributed by atoms with Crippen molar-refractivity contribution in [3.63, 3.8) is 0 Å². The van der Waals surface area contributed by atoms with Gasteiger partial charge < -0.3 is 9.88 Å². The number of rotatable bonds is 4. The second-order valence-electron chi connectivity index (χ2n) is 8.45. The number of imide groups is 1. The number of benzene rings is 1. The quantitative estimate of drug-likeness (QED) is 0.595. The molecule has 2 aromatic rings. The van der Waals surface area contributed by atoms with E-state index >= 15 is 0 Å². The van der Waals surface area contributed by atoms with Crippen LogP contribution >= 0.6 is 0 Å². The van der Waals surface area contributed by atoms with Gasteiger partial charge in [0.25, 0.3) is 5.91 Å². The fraction of sp³-hybridized carbons (Fsp3) is 0.455. The number of ketones is 1. The summed E-state index contributed by atoms with van der Waals surface area (Å²) in [4.78, 5) is 43.5. The van der Waals surface area contributed by atoms with E-state index in [0.717, 1.165) is 16.2 Å². The molecule has 0 radical (unpaired) electrons. The number of halogens is 2. The van der Waals surface area contributed by atoms with Crippen LogP contribution in [0.2, 0.25) is 0 Å². The standard InChI is InChI=1S/C22H24F2N4O3/c1-13-5-4-6-16(11-13)28-14(2)18(25-15(28)3)17(29)12-27-19(30)21(26-20(27)31)7-9-22(23,24)10-8-21/h4-6,11H,7-10,12H2,1-3H3,(H,26,31). The van der Waals surface area contributed by atoms with Crippen LogP contribution in [0.3, 0.4) is 0 Å². The summed E-state index contributed by atoms with van der Waals surface area (Å²) in [6.45, 7) is 5.02. The Kier molecular flexibility index (Phi) is 4.94. The number of alkyl halides is 2. The van der Waals surface area contributed by atoms with Crippen molar-refractivity contribution in [2.45, 2.75) is 57.9 Å². The van der Waals surface area contributed by atoms with E-state index in [4.69, 9.17) is 0 Å². The van der Waals surface area contributed by atoms with Gasteiger partial charge in [0.2, 0.25) is 11.7 Å². The predicted molar refractivity (Wildman–Crippen MR) is 108 cm³/mol. The molecule has 9 heteroatoms. The maximum atomic E-state index is 13.5. The minimum Gasteiger partial charge on any atom is -0.323 e. The van der Waals surface area contributed by atoms with Crippen molar-refractivity contribution in [3.8, 4) is 5.69 Å². The third-order valence-electron chi connectivity index (χ3n) is 6.18. The third-order valence-corrected chi connectivity index (χ3v) is 6.18. The van der Waals surface area contributed by atoms with E-state index in [9.17, 15) is 23.2 Å². The van der Waals surface area contributed by atoms with Gasteiger partial charge in [-0.3, -0.25) is 14.5 Å². The minimum absolute atomic E-state index is 0.143. The molecule has 2 heterocycles. The zero-order valence-corrected chi connectivity index (χ0v) is 17.7. The van der Waals surface area contributed by atoms with Gasteiger partial charge in [-0.2, -0.15) is 0 Å². The average molecular weight is 430 g/mol. The first-order valence-electron chi connectivity index (χ1n) is 10.2. The van der Waals surface area contributed by atoms with Crippen molar-refractivity contribution in [1.29, 1.82) is 0 Å². The van der Waals surface area contributed by atoms with Gasteiger partial charge in [-0.05, 0) is 51.3 Å². The van der Waals surface area contributed by atoms with Gasteiger partial charge in [-0.15, -0.1) is 0 Å². The lowest BCUT2D eigenvalue weighted by molar-refractivity contribution is -0.135. The van der Waals surface area contributed by atoms with Gasteiger partial charge in [-0.25, -0.2) is 18.6 Å². The summed E-state index contributed by atoms with van der Waals surface area (Å²) in [5, 5.41) is 2.55. The Bertz CT molecular complexity index is 1080. The second kappa shape index (κ2) is 7.25. The number of carbonyl (C=O) groups excluding carboxylic acids is 3. The normalized spacial score (nSPS) is 19.7. The number of urea groups is 1. The van der Waals surface area contributed by atoms with Crippen LogP contribution in [0.15, 0.2) is 24.3 Å². The highest BCUT2D eigenvalue weighted by Crippen LogP contribution is 2.41. The maximum Gasteiger partial charge on any atom is 0.325 e. The van der Waals surface area contributed by atoms with E-state index in [1.165, 1.54) is 0 Å². The Balaban J connectivity index is 1.56. The number of nitrogens with zero attached hydrogens (tertiary/aromatic N) is 3. The van der Waals surface area contributed by atoms with E-state index in [1.807, 2.05) is 35.8 Å². The molecule has 1 saturated carbocycles. The number of carbonyl (C=O) groups is 3. The lowest BCUT2D eigenvalue weighted by atomic mass is 9.80. The lowest BCUT2D eigenvalue weighted by Crippen LogP contribution is -2.51. The number of hydrogen-bond donors (Lipinski definition) is 1. The molecular weight excluding hydrogens is 406 g/mol. The molecular formula is C22H24F2N4O3. The summed E-state index contributed by atoms with van der Waals surface area (Å²) in [5.41, 5.74) is 1.35. The summed E-state index contributed by atoms with van der Waals surface area (Å²) in [7, 11) is 0. The first-order valence-corrected chi connectivity index (χ1v) is 10.2. The fourth-order valence-electron chi connectivity index (χ4n) is 4.47. The van der Waals surface area contributed by atoms with Crippen LogP contribution in [-0.2, 0) is 4.79 Å². The van der Waals surface area contributed by atoms with E-state index in [2.05, 4.69) is 10.3 Å². The molecule has 4 rings (SSSR count). The Morgan fingerprint density at radius 3 is 2.45 bits per heavy atom. The summed E-state index contributed by atoms with van der Waals surface area (Å²) >= 11 is 0. The molecule has 1 aromatic carbocycles. The van der Waals surface area contributed by atoms with Gasteiger partial charge in [0.1, 0.15) is 17.1 Å². The summed E-state index contributed by atoms with van der Waals surface area (Å²) in [6, 6.07) is 7.02. The van der Waals surface area contributed by atoms with Gasteiger partial charge >= 0.3 is 6.03 Å². The molecule has 3 amide bonds. The molecule has 0 atom stereocenters. The zero-order valence-electron chi connectivity index (χ0n) is 17.7. The molecule has 1 N–H and O–H groups in total. The largest absolute Gasteiger partial charge is 0.325 e. The maximum absolute atomic E-state index is 13.5. The minimum atomic E-state index is -2.84. The van der Waals surface area contributed by atoms with Crippen LogP contribution in [0, 0.1) is 20.8 Å². The smallest absolute Gasteiger partial charge is 0.323 e. The Morgan fingerprint density at radius 1 is 1.13 bits per heavy atom. The van der Waals surface area contributed by atoms with E-state index in [0.29, 0.717) is 11.5 Å². The van der Waals surface area contributed by atoms with Crippen LogP contribution in [0.5, 0.6) is 0 Å².